The SMILES string of the molecule is c1ccc(-c2nccc3c2[nH]c2ccccc23)nc1. The second kappa shape index (κ2) is 3.92. The van der Waals surface area contributed by atoms with Gasteiger partial charge >= 0.3 is 0 Å². The van der Waals surface area contributed by atoms with Crippen LogP contribution >= 0.6 is 0 Å². The van der Waals surface area contributed by atoms with Crippen molar-refractivity contribution in [1.29, 1.82) is 0 Å². The van der Waals surface area contributed by atoms with Crippen LogP contribution in [-0.2, 0) is 0 Å². The number of pyridine rings is 2. The zero-order chi connectivity index (χ0) is 12.7. The molecule has 4 aromatic rings. The average Bonchev–Trinajstić information content (AvgIpc) is 2.87. The fourth-order valence-electron chi connectivity index (χ4n) is 2.47. The molecule has 4 rings (SSSR count). The first kappa shape index (κ1) is 10.3. The lowest BCUT2D eigenvalue weighted by Crippen LogP contribution is -1.87. The van der Waals surface area contributed by atoms with Crippen LogP contribution in [0.3, 0.4) is 0 Å². The molecule has 0 saturated heterocycles. The second-order valence-electron chi connectivity index (χ2n) is 4.47. The van der Waals surface area contributed by atoms with Crippen molar-refractivity contribution in [3.63, 3.8) is 0 Å². The summed E-state index contributed by atoms with van der Waals surface area (Å²) in [7, 11) is 0. The number of aromatic nitrogens is 3. The molecule has 0 unspecified atom stereocenters. The molecule has 1 aromatic carbocycles. The summed E-state index contributed by atoms with van der Waals surface area (Å²) in [6.07, 6.45) is 3.63. The Hall–Kier alpha value is -2.68. The smallest absolute Gasteiger partial charge is 0.113 e. The highest BCUT2D eigenvalue weighted by Gasteiger charge is 2.10. The van der Waals surface area contributed by atoms with Gasteiger partial charge in [-0.15, -0.1) is 0 Å². The first-order valence-corrected chi connectivity index (χ1v) is 6.20. The molecule has 0 radical (unpaired) electrons. The molecule has 3 heterocycles. The minimum Gasteiger partial charge on any atom is -0.353 e. The Morgan fingerprint density at radius 3 is 2.53 bits per heavy atom. The third kappa shape index (κ3) is 1.52. The molecule has 0 fully saturated rings. The number of rotatable bonds is 1. The monoisotopic (exact) mass is 245 g/mol. The van der Waals surface area contributed by atoms with E-state index in [9.17, 15) is 0 Å². The van der Waals surface area contributed by atoms with Gasteiger partial charge in [0.1, 0.15) is 5.69 Å². The van der Waals surface area contributed by atoms with E-state index in [0.717, 1.165) is 22.4 Å². The van der Waals surface area contributed by atoms with Crippen LogP contribution in [0.4, 0.5) is 0 Å². The maximum atomic E-state index is 4.48. The molecular weight excluding hydrogens is 234 g/mol. The number of benzene rings is 1. The molecule has 19 heavy (non-hydrogen) atoms. The summed E-state index contributed by atoms with van der Waals surface area (Å²) < 4.78 is 0. The van der Waals surface area contributed by atoms with E-state index in [4.69, 9.17) is 0 Å². The molecule has 90 valence electrons. The van der Waals surface area contributed by atoms with E-state index in [1.54, 1.807) is 6.20 Å². The molecule has 3 heteroatoms. The van der Waals surface area contributed by atoms with Crippen LogP contribution in [0.5, 0.6) is 0 Å². The topological polar surface area (TPSA) is 41.6 Å². The van der Waals surface area contributed by atoms with E-state index < -0.39 is 0 Å². The summed E-state index contributed by atoms with van der Waals surface area (Å²) in [5, 5.41) is 2.41. The molecular formula is C16H11N3. The first-order valence-electron chi connectivity index (χ1n) is 6.20. The van der Waals surface area contributed by atoms with Crippen LogP contribution in [0, 0.1) is 0 Å². The summed E-state index contributed by atoms with van der Waals surface area (Å²) in [6.45, 7) is 0. The van der Waals surface area contributed by atoms with Gasteiger partial charge in [0, 0.05) is 28.7 Å². The standard InChI is InChI=1S/C16H11N3/c1-2-6-13-11(5-1)12-8-10-18-16(15(12)19-13)14-7-3-4-9-17-14/h1-10,19H. The summed E-state index contributed by atoms with van der Waals surface area (Å²) in [5.74, 6) is 0. The Bertz CT molecular complexity index is 863. The van der Waals surface area contributed by atoms with E-state index in [-0.39, 0.29) is 0 Å². The summed E-state index contributed by atoms with van der Waals surface area (Å²) in [4.78, 5) is 12.3. The largest absolute Gasteiger partial charge is 0.353 e. The van der Waals surface area contributed by atoms with E-state index >= 15 is 0 Å². The van der Waals surface area contributed by atoms with Crippen molar-refractivity contribution in [1.82, 2.24) is 15.0 Å². The van der Waals surface area contributed by atoms with Crippen LogP contribution in [0.1, 0.15) is 0 Å². The number of hydrogen-bond acceptors (Lipinski definition) is 2. The van der Waals surface area contributed by atoms with Gasteiger partial charge in [0.2, 0.25) is 0 Å². The maximum Gasteiger partial charge on any atom is 0.113 e. The second-order valence-corrected chi connectivity index (χ2v) is 4.47. The first-order chi connectivity index (χ1) is 9.43. The third-order valence-electron chi connectivity index (χ3n) is 3.34. The molecule has 0 amide bonds. The zero-order valence-corrected chi connectivity index (χ0v) is 10.2. The Kier molecular flexibility index (Phi) is 2.12. The molecule has 3 aromatic heterocycles. The molecule has 1 N–H and O–H groups in total. The third-order valence-corrected chi connectivity index (χ3v) is 3.34. The van der Waals surface area contributed by atoms with Gasteiger partial charge < -0.3 is 4.98 Å². The van der Waals surface area contributed by atoms with Gasteiger partial charge in [0.25, 0.3) is 0 Å². The van der Waals surface area contributed by atoms with Gasteiger partial charge in [0.05, 0.1) is 11.2 Å². The Morgan fingerprint density at radius 2 is 1.63 bits per heavy atom. The molecule has 0 bridgehead atoms. The van der Waals surface area contributed by atoms with Crippen molar-refractivity contribution < 1.29 is 0 Å². The van der Waals surface area contributed by atoms with Crippen LogP contribution < -0.4 is 0 Å². The van der Waals surface area contributed by atoms with Crippen LogP contribution in [-0.4, -0.2) is 15.0 Å². The summed E-state index contributed by atoms with van der Waals surface area (Å²) in [6, 6.07) is 16.2. The highest BCUT2D eigenvalue weighted by atomic mass is 14.8. The predicted octanol–water partition coefficient (Wildman–Crippen LogP) is 3.78. The number of para-hydroxylation sites is 1. The molecule has 0 aliphatic heterocycles. The van der Waals surface area contributed by atoms with Crippen molar-refractivity contribution in [2.45, 2.75) is 0 Å². The summed E-state index contributed by atoms with van der Waals surface area (Å²) >= 11 is 0. The zero-order valence-electron chi connectivity index (χ0n) is 10.2. The Labute approximate surface area is 110 Å². The van der Waals surface area contributed by atoms with Gasteiger partial charge in [-0.25, -0.2) is 0 Å². The fourth-order valence-corrected chi connectivity index (χ4v) is 2.47. The number of aromatic amines is 1. The van der Waals surface area contributed by atoms with E-state index in [1.165, 1.54) is 10.8 Å². The summed E-state index contributed by atoms with van der Waals surface area (Å²) in [5.41, 5.74) is 3.96. The van der Waals surface area contributed by atoms with Crippen LogP contribution in [0.15, 0.2) is 60.9 Å². The minimum atomic E-state index is 0.889. The van der Waals surface area contributed by atoms with Crippen molar-refractivity contribution in [2.75, 3.05) is 0 Å². The predicted molar refractivity (Wildman–Crippen MR) is 76.8 cm³/mol. The van der Waals surface area contributed by atoms with Crippen LogP contribution in [0.2, 0.25) is 0 Å². The molecule has 0 saturated carbocycles. The lowest BCUT2D eigenvalue weighted by atomic mass is 10.1. The molecule has 3 nitrogen and oxygen atoms in total. The van der Waals surface area contributed by atoms with Gasteiger partial charge in [-0.05, 0) is 24.3 Å². The maximum absolute atomic E-state index is 4.48. The average molecular weight is 245 g/mol. The van der Waals surface area contributed by atoms with E-state index in [1.807, 2.05) is 36.5 Å². The highest BCUT2D eigenvalue weighted by molar-refractivity contribution is 6.10. The number of nitrogens with one attached hydrogen (secondary N) is 1. The van der Waals surface area contributed by atoms with Crippen molar-refractivity contribution >= 4 is 21.8 Å². The minimum absolute atomic E-state index is 0.889. The quantitative estimate of drug-likeness (QED) is 0.554. The van der Waals surface area contributed by atoms with Gasteiger partial charge in [-0.3, -0.25) is 9.97 Å². The normalized spacial score (nSPS) is 11.2. The fraction of sp³-hybridized carbons (Fsp3) is 0. The molecule has 0 atom stereocenters. The molecule has 0 aliphatic rings. The van der Waals surface area contributed by atoms with Crippen molar-refractivity contribution in [3.8, 4) is 11.4 Å². The van der Waals surface area contributed by atoms with Gasteiger partial charge in [-0.1, -0.05) is 24.3 Å². The number of H-pyrrole nitrogens is 1. The van der Waals surface area contributed by atoms with Crippen molar-refractivity contribution in [3.05, 3.63) is 60.9 Å². The molecule has 0 spiro atoms. The highest BCUT2D eigenvalue weighted by Crippen LogP contribution is 2.30. The van der Waals surface area contributed by atoms with E-state index in [2.05, 4.69) is 33.2 Å². The number of nitrogens with zero attached hydrogens (tertiary/aromatic N) is 2. The number of hydrogen-bond donors (Lipinski definition) is 1. The molecule has 0 aliphatic carbocycles. The Morgan fingerprint density at radius 1 is 0.737 bits per heavy atom. The lowest BCUT2D eigenvalue weighted by Gasteiger charge is -2.00. The van der Waals surface area contributed by atoms with Crippen molar-refractivity contribution in [2.24, 2.45) is 0 Å². The van der Waals surface area contributed by atoms with Gasteiger partial charge in [-0.2, -0.15) is 0 Å². The lowest BCUT2D eigenvalue weighted by molar-refractivity contribution is 1.26. The number of fused-ring (bicyclic) bond motifs is 3. The Balaban J connectivity index is 2.13. The van der Waals surface area contributed by atoms with Crippen LogP contribution in [0.25, 0.3) is 33.2 Å². The van der Waals surface area contributed by atoms with Gasteiger partial charge in [0.15, 0.2) is 0 Å². The van der Waals surface area contributed by atoms with E-state index in [0.29, 0.717) is 0 Å².